The molecule has 144 valence electrons. The zero-order valence-electron chi connectivity index (χ0n) is 15.0. The number of halogens is 2. The fourth-order valence-corrected chi connectivity index (χ4v) is 3.13. The molecule has 0 fully saturated rings. The second-order valence-electron chi connectivity index (χ2n) is 6.08. The number of nitro benzene ring substituents is 1. The average Bonchev–Trinajstić information content (AvgIpc) is 2.71. The molecule has 0 atom stereocenters. The van der Waals surface area contributed by atoms with Crippen molar-refractivity contribution in [2.45, 2.75) is 6.61 Å². The summed E-state index contributed by atoms with van der Waals surface area (Å²) < 4.78 is 5.77. The number of hydrogen-bond acceptors (Lipinski definition) is 4. The largest absolute Gasteiger partial charge is 0.489 e. The maximum atomic E-state index is 10.7. The first kappa shape index (κ1) is 20.4. The van der Waals surface area contributed by atoms with Gasteiger partial charge in [0.1, 0.15) is 12.4 Å². The number of rotatable bonds is 6. The Morgan fingerprint density at radius 2 is 1.86 bits per heavy atom. The van der Waals surface area contributed by atoms with E-state index in [1.165, 1.54) is 12.1 Å². The molecule has 0 N–H and O–H groups in total. The number of hydrogen-bond donors (Lipinski definition) is 0. The summed E-state index contributed by atoms with van der Waals surface area (Å²) in [6, 6.07) is 20.6. The molecule has 0 aliphatic heterocycles. The highest BCUT2D eigenvalue weighted by molar-refractivity contribution is 6.36. The van der Waals surface area contributed by atoms with Gasteiger partial charge in [-0.2, -0.15) is 5.26 Å². The van der Waals surface area contributed by atoms with Crippen molar-refractivity contribution in [3.05, 3.63) is 104 Å². The smallest absolute Gasteiger partial charge is 0.269 e. The van der Waals surface area contributed by atoms with Gasteiger partial charge in [0.05, 0.1) is 21.6 Å². The lowest BCUT2D eigenvalue weighted by molar-refractivity contribution is -0.384. The second kappa shape index (κ2) is 9.24. The summed E-state index contributed by atoms with van der Waals surface area (Å²) in [6.45, 7) is 0.263. The Morgan fingerprint density at radius 3 is 2.52 bits per heavy atom. The predicted molar refractivity (Wildman–Crippen MR) is 114 cm³/mol. The molecule has 0 aromatic heterocycles. The normalized spacial score (nSPS) is 11.0. The number of ether oxygens (including phenoxy) is 1. The van der Waals surface area contributed by atoms with Crippen molar-refractivity contribution < 1.29 is 9.66 Å². The van der Waals surface area contributed by atoms with E-state index in [9.17, 15) is 15.4 Å². The molecule has 0 unspecified atom stereocenters. The van der Waals surface area contributed by atoms with Gasteiger partial charge < -0.3 is 4.74 Å². The SMILES string of the molecule is N#C/C(=C\c1cccc(OCc2ccc([N+](=O)[O-])cc2)c1)c1ccc(Cl)cc1Cl. The maximum Gasteiger partial charge on any atom is 0.269 e. The number of nitro groups is 1. The average molecular weight is 425 g/mol. The fourth-order valence-electron chi connectivity index (χ4n) is 2.62. The first-order chi connectivity index (χ1) is 14.0. The van der Waals surface area contributed by atoms with Gasteiger partial charge in [-0.05, 0) is 53.6 Å². The quantitative estimate of drug-likeness (QED) is 0.194. The molecule has 0 heterocycles. The molecule has 0 saturated carbocycles. The highest BCUT2D eigenvalue weighted by Gasteiger charge is 2.08. The van der Waals surface area contributed by atoms with E-state index in [1.54, 1.807) is 48.5 Å². The van der Waals surface area contributed by atoms with Crippen molar-refractivity contribution in [3.8, 4) is 11.8 Å². The fraction of sp³-hybridized carbons (Fsp3) is 0.0455. The van der Waals surface area contributed by atoms with E-state index in [2.05, 4.69) is 6.07 Å². The van der Waals surface area contributed by atoms with Crippen LogP contribution in [0.5, 0.6) is 5.75 Å². The van der Waals surface area contributed by atoms with Crippen LogP contribution >= 0.6 is 23.2 Å². The Balaban J connectivity index is 1.77. The Hall–Kier alpha value is -3.33. The minimum absolute atomic E-state index is 0.0331. The van der Waals surface area contributed by atoms with Crippen molar-refractivity contribution in [3.63, 3.8) is 0 Å². The van der Waals surface area contributed by atoms with E-state index in [0.29, 0.717) is 26.9 Å². The van der Waals surface area contributed by atoms with E-state index in [0.717, 1.165) is 11.1 Å². The van der Waals surface area contributed by atoms with Crippen LogP contribution < -0.4 is 4.74 Å². The third-order valence-electron chi connectivity index (χ3n) is 4.06. The van der Waals surface area contributed by atoms with E-state index in [-0.39, 0.29) is 12.3 Å². The van der Waals surface area contributed by atoms with Crippen molar-refractivity contribution in [2.24, 2.45) is 0 Å². The van der Waals surface area contributed by atoms with Crippen molar-refractivity contribution in [1.29, 1.82) is 5.26 Å². The molecule has 3 rings (SSSR count). The number of nitrogens with zero attached hydrogens (tertiary/aromatic N) is 2. The van der Waals surface area contributed by atoms with Gasteiger partial charge >= 0.3 is 0 Å². The van der Waals surface area contributed by atoms with Crippen LogP contribution in [0.3, 0.4) is 0 Å². The molecular weight excluding hydrogens is 411 g/mol. The highest BCUT2D eigenvalue weighted by Crippen LogP contribution is 2.29. The lowest BCUT2D eigenvalue weighted by Gasteiger charge is -2.08. The van der Waals surface area contributed by atoms with Gasteiger partial charge in [0.15, 0.2) is 0 Å². The van der Waals surface area contributed by atoms with Crippen molar-refractivity contribution in [1.82, 2.24) is 0 Å². The standard InChI is InChI=1S/C22H14Cl2N2O3/c23-18-6-9-21(22(24)12-18)17(13-25)10-16-2-1-3-20(11-16)29-14-15-4-7-19(8-5-15)26(27)28/h1-12H,14H2/b17-10+. The highest BCUT2D eigenvalue weighted by atomic mass is 35.5. The summed E-state index contributed by atoms with van der Waals surface area (Å²) in [4.78, 5) is 10.3. The molecule has 3 aromatic carbocycles. The molecule has 0 aliphatic carbocycles. The molecule has 0 saturated heterocycles. The zero-order chi connectivity index (χ0) is 20.8. The van der Waals surface area contributed by atoms with Gasteiger partial charge in [-0.1, -0.05) is 41.4 Å². The molecule has 7 heteroatoms. The predicted octanol–water partition coefficient (Wildman–Crippen LogP) is 6.54. The van der Waals surface area contributed by atoms with Gasteiger partial charge in [-0.25, -0.2) is 0 Å². The first-order valence-electron chi connectivity index (χ1n) is 8.49. The van der Waals surface area contributed by atoms with Crippen LogP contribution in [-0.4, -0.2) is 4.92 Å². The van der Waals surface area contributed by atoms with Gasteiger partial charge in [0.2, 0.25) is 0 Å². The number of allylic oxidation sites excluding steroid dienone is 1. The van der Waals surface area contributed by atoms with Crippen molar-refractivity contribution >= 4 is 40.5 Å². The molecule has 0 radical (unpaired) electrons. The van der Waals surface area contributed by atoms with E-state index < -0.39 is 4.92 Å². The summed E-state index contributed by atoms with van der Waals surface area (Å²) in [5.41, 5.74) is 2.61. The van der Waals surface area contributed by atoms with Crippen LogP contribution in [0.15, 0.2) is 66.7 Å². The molecule has 29 heavy (non-hydrogen) atoms. The van der Waals surface area contributed by atoms with E-state index in [4.69, 9.17) is 27.9 Å². The lowest BCUT2D eigenvalue weighted by Crippen LogP contribution is -1.96. The van der Waals surface area contributed by atoms with Gasteiger partial charge in [0.25, 0.3) is 5.69 Å². The Morgan fingerprint density at radius 1 is 1.10 bits per heavy atom. The van der Waals surface area contributed by atoms with Crippen LogP contribution in [0.2, 0.25) is 10.0 Å². The molecule has 0 bridgehead atoms. The summed E-state index contributed by atoms with van der Waals surface area (Å²) in [5.74, 6) is 0.608. The number of non-ortho nitro benzene ring substituents is 1. The maximum absolute atomic E-state index is 10.7. The number of nitriles is 1. The molecule has 0 spiro atoms. The third-order valence-corrected chi connectivity index (χ3v) is 4.61. The topological polar surface area (TPSA) is 76.2 Å². The van der Waals surface area contributed by atoms with Crippen LogP contribution in [0.1, 0.15) is 16.7 Å². The summed E-state index contributed by atoms with van der Waals surface area (Å²) in [6.07, 6.45) is 1.72. The van der Waals surface area contributed by atoms with Crippen LogP contribution in [-0.2, 0) is 6.61 Å². The third kappa shape index (κ3) is 5.35. The Bertz CT molecular complexity index is 1120. The Labute approximate surface area is 177 Å². The van der Waals surface area contributed by atoms with Gasteiger partial charge in [0, 0.05) is 22.7 Å². The molecule has 0 aliphatic rings. The van der Waals surface area contributed by atoms with Crippen LogP contribution in [0.25, 0.3) is 11.6 Å². The molecular formula is C22H14Cl2N2O3. The van der Waals surface area contributed by atoms with E-state index >= 15 is 0 Å². The summed E-state index contributed by atoms with van der Waals surface area (Å²) in [5, 5.41) is 21.1. The minimum atomic E-state index is -0.444. The van der Waals surface area contributed by atoms with Crippen molar-refractivity contribution in [2.75, 3.05) is 0 Å². The zero-order valence-corrected chi connectivity index (χ0v) is 16.5. The molecule has 5 nitrogen and oxygen atoms in total. The number of benzene rings is 3. The monoisotopic (exact) mass is 424 g/mol. The van der Waals surface area contributed by atoms with Crippen LogP contribution in [0.4, 0.5) is 5.69 Å². The van der Waals surface area contributed by atoms with E-state index in [1.807, 2.05) is 12.1 Å². The summed E-state index contributed by atoms with van der Waals surface area (Å²) in [7, 11) is 0. The van der Waals surface area contributed by atoms with Gasteiger partial charge in [-0.3, -0.25) is 10.1 Å². The minimum Gasteiger partial charge on any atom is -0.489 e. The first-order valence-corrected chi connectivity index (χ1v) is 9.25. The van der Waals surface area contributed by atoms with Gasteiger partial charge in [-0.15, -0.1) is 0 Å². The Kier molecular flexibility index (Phi) is 6.50. The molecule has 0 amide bonds. The molecule has 3 aromatic rings. The summed E-state index contributed by atoms with van der Waals surface area (Å²) >= 11 is 12.1. The second-order valence-corrected chi connectivity index (χ2v) is 6.92. The lowest BCUT2D eigenvalue weighted by atomic mass is 10.0. The van der Waals surface area contributed by atoms with Crippen LogP contribution in [0, 0.1) is 21.4 Å².